The second kappa shape index (κ2) is 3.35. The van der Waals surface area contributed by atoms with Crippen LogP contribution in [0.25, 0.3) is 0 Å². The second-order valence-corrected chi connectivity index (χ2v) is 4.06. The molecule has 10 heavy (non-hydrogen) atoms. The Morgan fingerprint density at radius 3 is 2.90 bits per heavy atom. The molecule has 0 aliphatic rings. The monoisotopic (exact) mass is 175 g/mol. The van der Waals surface area contributed by atoms with Crippen LogP contribution in [-0.2, 0) is 6.42 Å². The van der Waals surface area contributed by atoms with Crippen molar-refractivity contribution in [1.82, 2.24) is 4.98 Å². The van der Waals surface area contributed by atoms with Gasteiger partial charge in [0.25, 0.3) is 0 Å². The van der Waals surface area contributed by atoms with Gasteiger partial charge in [0.05, 0.1) is 5.01 Å². The molecule has 0 saturated heterocycles. The molecule has 3 heteroatoms. The van der Waals surface area contributed by atoms with Gasteiger partial charge in [0.2, 0.25) is 0 Å². The van der Waals surface area contributed by atoms with Crippen LogP contribution >= 0.6 is 22.9 Å². The van der Waals surface area contributed by atoms with E-state index in [9.17, 15) is 0 Å². The summed E-state index contributed by atoms with van der Waals surface area (Å²) in [4.78, 5) is 4.28. The predicted molar refractivity (Wildman–Crippen MR) is 45.9 cm³/mol. The molecule has 0 aromatic carbocycles. The molecule has 0 N–H and O–H groups in total. The van der Waals surface area contributed by atoms with Crippen LogP contribution in [0.15, 0.2) is 5.38 Å². The Morgan fingerprint density at radius 2 is 2.50 bits per heavy atom. The van der Waals surface area contributed by atoms with Crippen LogP contribution < -0.4 is 0 Å². The highest BCUT2D eigenvalue weighted by atomic mass is 35.5. The van der Waals surface area contributed by atoms with Gasteiger partial charge in [-0.3, -0.25) is 0 Å². The fraction of sp³-hybridized carbons (Fsp3) is 0.571. The zero-order valence-corrected chi connectivity index (χ0v) is 7.67. The molecule has 1 aromatic heterocycles. The number of rotatable bonds is 2. The normalized spacial score (nSPS) is 13.5. The maximum atomic E-state index is 5.79. The maximum absolute atomic E-state index is 5.79. The van der Waals surface area contributed by atoms with E-state index in [1.807, 2.05) is 13.8 Å². The first kappa shape index (κ1) is 8.02. The van der Waals surface area contributed by atoms with E-state index in [4.69, 9.17) is 11.6 Å². The summed E-state index contributed by atoms with van der Waals surface area (Å²) in [5.74, 6) is 0. The third-order valence-corrected chi connectivity index (χ3v) is 2.27. The minimum Gasteiger partial charge on any atom is -0.247 e. The van der Waals surface area contributed by atoms with Crippen LogP contribution in [0.2, 0.25) is 0 Å². The molecule has 1 rings (SSSR count). The molecule has 0 aliphatic heterocycles. The summed E-state index contributed by atoms with van der Waals surface area (Å²) in [6, 6.07) is 0. The molecule has 0 fully saturated rings. The zero-order chi connectivity index (χ0) is 7.56. The number of aromatic nitrogens is 1. The third kappa shape index (κ3) is 2.27. The number of hydrogen-bond acceptors (Lipinski definition) is 2. The van der Waals surface area contributed by atoms with Crippen LogP contribution in [0.3, 0.4) is 0 Å². The van der Waals surface area contributed by atoms with Crippen molar-refractivity contribution in [3.63, 3.8) is 0 Å². The van der Waals surface area contributed by atoms with E-state index in [1.54, 1.807) is 11.3 Å². The summed E-state index contributed by atoms with van der Waals surface area (Å²) in [5, 5.41) is 3.39. The van der Waals surface area contributed by atoms with Gasteiger partial charge in [0.1, 0.15) is 0 Å². The van der Waals surface area contributed by atoms with E-state index < -0.39 is 0 Å². The number of halogens is 1. The fourth-order valence-electron chi connectivity index (χ4n) is 0.737. The van der Waals surface area contributed by atoms with E-state index in [1.165, 1.54) is 0 Å². The summed E-state index contributed by atoms with van der Waals surface area (Å²) in [7, 11) is 0. The number of aryl methyl sites for hydroxylation is 1. The first-order valence-corrected chi connectivity index (χ1v) is 4.55. The number of hydrogen-bond donors (Lipinski definition) is 0. The van der Waals surface area contributed by atoms with Crippen LogP contribution in [0, 0.1) is 6.92 Å². The third-order valence-electron chi connectivity index (χ3n) is 1.12. The topological polar surface area (TPSA) is 12.9 Å². The van der Waals surface area contributed by atoms with Gasteiger partial charge in [-0.2, -0.15) is 0 Å². The highest BCUT2D eigenvalue weighted by molar-refractivity contribution is 7.09. The fourth-order valence-corrected chi connectivity index (χ4v) is 1.88. The summed E-state index contributed by atoms with van der Waals surface area (Å²) < 4.78 is 0. The summed E-state index contributed by atoms with van der Waals surface area (Å²) in [6.45, 7) is 3.98. The van der Waals surface area contributed by atoms with Gasteiger partial charge >= 0.3 is 0 Å². The number of nitrogens with zero attached hydrogens (tertiary/aromatic N) is 1. The summed E-state index contributed by atoms with van der Waals surface area (Å²) >= 11 is 7.47. The molecule has 0 bridgehead atoms. The van der Waals surface area contributed by atoms with E-state index >= 15 is 0 Å². The number of alkyl halides is 1. The molecule has 1 unspecified atom stereocenters. The van der Waals surface area contributed by atoms with Gasteiger partial charge in [-0.05, 0) is 13.8 Å². The molecule has 1 aromatic rings. The molecular weight excluding hydrogens is 166 g/mol. The van der Waals surface area contributed by atoms with Crippen LogP contribution in [0.4, 0.5) is 0 Å². The smallest absolute Gasteiger partial charge is 0.0942 e. The first-order valence-electron chi connectivity index (χ1n) is 3.23. The molecule has 56 valence electrons. The Labute approximate surface area is 70.1 Å². The summed E-state index contributed by atoms with van der Waals surface area (Å²) in [5.41, 5.74) is 1.09. The lowest BCUT2D eigenvalue weighted by Gasteiger charge is -1.95. The molecule has 0 aliphatic carbocycles. The molecule has 0 spiro atoms. The van der Waals surface area contributed by atoms with Crippen LogP contribution in [-0.4, -0.2) is 10.4 Å². The van der Waals surface area contributed by atoms with Crippen molar-refractivity contribution in [2.45, 2.75) is 25.6 Å². The molecule has 0 amide bonds. The van der Waals surface area contributed by atoms with Crippen molar-refractivity contribution < 1.29 is 0 Å². The van der Waals surface area contributed by atoms with Crippen molar-refractivity contribution in [1.29, 1.82) is 0 Å². The Hall–Kier alpha value is -0.0800. The molecule has 1 heterocycles. The molecule has 0 radical (unpaired) electrons. The lowest BCUT2D eigenvalue weighted by molar-refractivity contribution is 0.912. The van der Waals surface area contributed by atoms with Gasteiger partial charge in [-0.25, -0.2) is 4.98 Å². The average Bonchev–Trinajstić information content (AvgIpc) is 2.13. The average molecular weight is 176 g/mol. The zero-order valence-electron chi connectivity index (χ0n) is 6.10. The van der Waals surface area contributed by atoms with Crippen LogP contribution in [0.1, 0.15) is 17.6 Å². The standard InChI is InChI=1S/C7H10ClNS/c1-5(8)3-7-9-6(2)4-10-7/h4-5H,3H2,1-2H3. The minimum atomic E-state index is 0.200. The first-order chi connectivity index (χ1) is 4.68. The van der Waals surface area contributed by atoms with E-state index in [0.717, 1.165) is 17.1 Å². The van der Waals surface area contributed by atoms with Gasteiger partial charge in [0, 0.05) is 22.9 Å². The molecular formula is C7H10ClNS. The summed E-state index contributed by atoms with van der Waals surface area (Å²) in [6.07, 6.45) is 0.889. The maximum Gasteiger partial charge on any atom is 0.0942 e. The van der Waals surface area contributed by atoms with Crippen molar-refractivity contribution >= 4 is 22.9 Å². The highest BCUT2D eigenvalue weighted by Crippen LogP contribution is 2.12. The lowest BCUT2D eigenvalue weighted by atomic mass is 10.3. The quantitative estimate of drug-likeness (QED) is 0.630. The van der Waals surface area contributed by atoms with E-state index in [0.29, 0.717) is 0 Å². The molecule has 1 atom stereocenters. The van der Waals surface area contributed by atoms with E-state index in [-0.39, 0.29) is 5.38 Å². The SMILES string of the molecule is Cc1csc(CC(C)Cl)n1. The van der Waals surface area contributed by atoms with Gasteiger partial charge in [-0.1, -0.05) is 0 Å². The Kier molecular flexibility index (Phi) is 2.69. The lowest BCUT2D eigenvalue weighted by Crippen LogP contribution is -1.95. The largest absolute Gasteiger partial charge is 0.247 e. The van der Waals surface area contributed by atoms with Crippen LogP contribution in [0.5, 0.6) is 0 Å². The second-order valence-electron chi connectivity index (χ2n) is 2.37. The van der Waals surface area contributed by atoms with Crippen molar-refractivity contribution in [3.05, 3.63) is 16.1 Å². The molecule has 0 saturated carbocycles. The van der Waals surface area contributed by atoms with Gasteiger partial charge < -0.3 is 0 Å². The van der Waals surface area contributed by atoms with Gasteiger partial charge in [0.15, 0.2) is 0 Å². The van der Waals surface area contributed by atoms with Gasteiger partial charge in [-0.15, -0.1) is 22.9 Å². The highest BCUT2D eigenvalue weighted by Gasteiger charge is 2.01. The number of thiazole rings is 1. The predicted octanol–water partition coefficient (Wildman–Crippen LogP) is 2.62. The van der Waals surface area contributed by atoms with E-state index in [2.05, 4.69) is 10.4 Å². The van der Waals surface area contributed by atoms with Crippen molar-refractivity contribution in [2.24, 2.45) is 0 Å². The Morgan fingerprint density at radius 1 is 1.80 bits per heavy atom. The van der Waals surface area contributed by atoms with Crippen molar-refractivity contribution in [2.75, 3.05) is 0 Å². The van der Waals surface area contributed by atoms with Crippen molar-refractivity contribution in [3.8, 4) is 0 Å². The molecule has 1 nitrogen and oxygen atoms in total. The Balaban J connectivity index is 2.58. The Bertz CT molecular complexity index is 207. The minimum absolute atomic E-state index is 0.200.